The zero-order valence-electron chi connectivity index (χ0n) is 15.7. The van der Waals surface area contributed by atoms with Crippen LogP contribution in [0.2, 0.25) is 0 Å². The molecule has 0 unspecified atom stereocenters. The van der Waals surface area contributed by atoms with Gasteiger partial charge in [0.15, 0.2) is 11.7 Å². The highest BCUT2D eigenvalue weighted by atomic mass is 16.3. The minimum atomic E-state index is -0.245. The minimum Gasteiger partial charge on any atom is -0.459 e. The van der Waals surface area contributed by atoms with Crippen molar-refractivity contribution in [2.45, 2.75) is 32.2 Å². The fourth-order valence-corrected chi connectivity index (χ4v) is 4.02. The van der Waals surface area contributed by atoms with E-state index in [9.17, 15) is 4.79 Å². The number of nitrogens with one attached hydrogen (secondary N) is 2. The van der Waals surface area contributed by atoms with E-state index in [1.165, 1.54) is 31.9 Å². The zero-order valence-corrected chi connectivity index (χ0v) is 15.7. The predicted molar refractivity (Wildman–Crippen MR) is 106 cm³/mol. The van der Waals surface area contributed by atoms with Gasteiger partial charge >= 0.3 is 0 Å². The van der Waals surface area contributed by atoms with Crippen LogP contribution in [0.5, 0.6) is 0 Å². The number of amides is 1. The third-order valence-electron chi connectivity index (χ3n) is 5.77. The summed E-state index contributed by atoms with van der Waals surface area (Å²) in [6.45, 7) is 2.93. The second-order valence-corrected chi connectivity index (χ2v) is 7.55. The molecule has 142 valence electrons. The molecule has 1 aliphatic heterocycles. The first-order chi connectivity index (χ1) is 13.2. The first-order valence-corrected chi connectivity index (χ1v) is 9.57. The van der Waals surface area contributed by atoms with Gasteiger partial charge in [0.1, 0.15) is 0 Å². The summed E-state index contributed by atoms with van der Waals surface area (Å²) in [5.74, 6) is 1.04. The Morgan fingerprint density at radius 2 is 2.04 bits per heavy atom. The van der Waals surface area contributed by atoms with Crippen molar-refractivity contribution in [3.8, 4) is 0 Å². The maximum absolute atomic E-state index is 12.0. The standard InChI is InChI=1S/C21H26N4O2/c1-22-20(25-12-11-21(15-25)9-3-10-21)23-14-16-5-7-17(8-6-16)24-19(26)18-4-2-13-27-18/h2,4-8,13H,3,9-12,14-15H2,1H3,(H,22,23)(H,24,26). The van der Waals surface area contributed by atoms with E-state index in [1.807, 2.05) is 31.3 Å². The molecule has 2 fully saturated rings. The molecule has 27 heavy (non-hydrogen) atoms. The summed E-state index contributed by atoms with van der Waals surface area (Å²) in [5, 5.41) is 6.30. The summed E-state index contributed by atoms with van der Waals surface area (Å²) >= 11 is 0. The average molecular weight is 366 g/mol. The Hall–Kier alpha value is -2.76. The Bertz CT molecular complexity index is 807. The number of rotatable bonds is 4. The van der Waals surface area contributed by atoms with Crippen molar-refractivity contribution in [2.24, 2.45) is 10.4 Å². The fraction of sp³-hybridized carbons (Fsp3) is 0.429. The maximum atomic E-state index is 12.0. The van der Waals surface area contributed by atoms with Gasteiger partial charge in [-0.3, -0.25) is 9.79 Å². The largest absolute Gasteiger partial charge is 0.459 e. The number of carbonyl (C=O) groups excluding carboxylic acids is 1. The van der Waals surface area contributed by atoms with Crippen molar-refractivity contribution in [2.75, 3.05) is 25.5 Å². The van der Waals surface area contributed by atoms with Gasteiger partial charge in [-0.25, -0.2) is 0 Å². The third-order valence-corrected chi connectivity index (χ3v) is 5.77. The third kappa shape index (κ3) is 3.84. The number of anilines is 1. The number of nitrogens with zero attached hydrogens (tertiary/aromatic N) is 2. The van der Waals surface area contributed by atoms with Gasteiger partial charge in [0, 0.05) is 32.4 Å². The number of carbonyl (C=O) groups is 1. The van der Waals surface area contributed by atoms with Crippen LogP contribution in [0.15, 0.2) is 52.1 Å². The minimum absolute atomic E-state index is 0.245. The molecule has 1 saturated carbocycles. The molecule has 1 saturated heterocycles. The second-order valence-electron chi connectivity index (χ2n) is 7.55. The molecule has 2 heterocycles. The van der Waals surface area contributed by atoms with Crippen molar-refractivity contribution >= 4 is 17.6 Å². The van der Waals surface area contributed by atoms with Crippen molar-refractivity contribution in [3.63, 3.8) is 0 Å². The van der Waals surface area contributed by atoms with E-state index in [4.69, 9.17) is 4.42 Å². The Balaban J connectivity index is 1.30. The molecule has 1 spiro atoms. The molecule has 1 amide bonds. The number of hydrogen-bond acceptors (Lipinski definition) is 3. The van der Waals surface area contributed by atoms with Crippen LogP contribution in [0.4, 0.5) is 5.69 Å². The molecular formula is C21H26N4O2. The first kappa shape index (κ1) is 17.6. The van der Waals surface area contributed by atoms with Gasteiger partial charge in [0.05, 0.1) is 6.26 Å². The predicted octanol–water partition coefficient (Wildman–Crippen LogP) is 3.48. The summed E-state index contributed by atoms with van der Waals surface area (Å²) in [4.78, 5) is 18.8. The van der Waals surface area contributed by atoms with Crippen LogP contribution in [0, 0.1) is 5.41 Å². The van der Waals surface area contributed by atoms with Crippen LogP contribution in [-0.4, -0.2) is 36.9 Å². The summed E-state index contributed by atoms with van der Waals surface area (Å²) in [6, 6.07) is 11.2. The van der Waals surface area contributed by atoms with Crippen LogP contribution in [0.3, 0.4) is 0 Å². The van der Waals surface area contributed by atoms with Crippen molar-refractivity contribution in [3.05, 3.63) is 54.0 Å². The van der Waals surface area contributed by atoms with E-state index >= 15 is 0 Å². The molecule has 1 aromatic heterocycles. The zero-order chi connectivity index (χ0) is 18.7. The quantitative estimate of drug-likeness (QED) is 0.642. The molecule has 0 atom stereocenters. The lowest BCUT2D eigenvalue weighted by Gasteiger charge is -2.38. The molecule has 2 aromatic rings. The second kappa shape index (κ2) is 7.47. The van der Waals surface area contributed by atoms with Crippen LogP contribution in [-0.2, 0) is 6.54 Å². The summed E-state index contributed by atoms with van der Waals surface area (Å²) < 4.78 is 5.10. The normalized spacial score (nSPS) is 18.4. The topological polar surface area (TPSA) is 69.9 Å². The molecule has 4 rings (SSSR count). The van der Waals surface area contributed by atoms with Crippen LogP contribution < -0.4 is 10.6 Å². The van der Waals surface area contributed by atoms with E-state index in [2.05, 4.69) is 20.5 Å². The number of likely N-dealkylation sites (tertiary alicyclic amines) is 1. The fourth-order valence-electron chi connectivity index (χ4n) is 4.02. The number of guanidine groups is 1. The lowest BCUT2D eigenvalue weighted by molar-refractivity contribution is 0.0996. The Morgan fingerprint density at radius 3 is 2.63 bits per heavy atom. The number of hydrogen-bond donors (Lipinski definition) is 2. The van der Waals surface area contributed by atoms with Gasteiger partial charge in [-0.05, 0) is 54.5 Å². The van der Waals surface area contributed by atoms with Gasteiger partial charge < -0.3 is 20.0 Å². The molecule has 6 nitrogen and oxygen atoms in total. The first-order valence-electron chi connectivity index (χ1n) is 9.57. The maximum Gasteiger partial charge on any atom is 0.291 e. The van der Waals surface area contributed by atoms with Crippen molar-refractivity contribution in [1.82, 2.24) is 10.2 Å². The van der Waals surface area contributed by atoms with Crippen LogP contribution in [0.25, 0.3) is 0 Å². The summed E-state index contributed by atoms with van der Waals surface area (Å²) in [7, 11) is 1.85. The van der Waals surface area contributed by atoms with Gasteiger partial charge in [-0.2, -0.15) is 0 Å². The SMILES string of the molecule is CN=C(NCc1ccc(NC(=O)c2ccco2)cc1)N1CCC2(CCC2)C1. The van der Waals surface area contributed by atoms with Gasteiger partial charge in [0.25, 0.3) is 5.91 Å². The van der Waals surface area contributed by atoms with Crippen molar-refractivity contribution in [1.29, 1.82) is 0 Å². The van der Waals surface area contributed by atoms with Crippen LogP contribution in [0.1, 0.15) is 41.8 Å². The van der Waals surface area contributed by atoms with Crippen LogP contribution >= 0.6 is 0 Å². The van der Waals surface area contributed by atoms with E-state index in [-0.39, 0.29) is 5.91 Å². The highest BCUT2D eigenvalue weighted by Gasteiger charge is 2.43. The highest BCUT2D eigenvalue weighted by molar-refractivity contribution is 6.02. The van der Waals surface area contributed by atoms with E-state index in [0.29, 0.717) is 17.7 Å². The average Bonchev–Trinajstić information content (AvgIpc) is 3.33. The van der Waals surface area contributed by atoms with E-state index < -0.39 is 0 Å². The molecule has 1 aliphatic carbocycles. The van der Waals surface area contributed by atoms with E-state index in [0.717, 1.165) is 30.3 Å². The molecule has 1 aromatic carbocycles. The molecule has 0 radical (unpaired) electrons. The van der Waals surface area contributed by atoms with Gasteiger partial charge in [0.2, 0.25) is 0 Å². The number of aliphatic imine (C=N–C) groups is 1. The Morgan fingerprint density at radius 1 is 1.22 bits per heavy atom. The van der Waals surface area contributed by atoms with Gasteiger partial charge in [-0.1, -0.05) is 18.6 Å². The molecule has 0 bridgehead atoms. The molecule has 2 N–H and O–H groups in total. The molecular weight excluding hydrogens is 340 g/mol. The monoisotopic (exact) mass is 366 g/mol. The number of benzene rings is 1. The molecule has 6 heteroatoms. The Labute approximate surface area is 159 Å². The van der Waals surface area contributed by atoms with Gasteiger partial charge in [-0.15, -0.1) is 0 Å². The highest BCUT2D eigenvalue weighted by Crippen LogP contribution is 2.47. The number of furan rings is 1. The Kier molecular flexibility index (Phi) is 4.88. The molecule has 2 aliphatic rings. The lowest BCUT2D eigenvalue weighted by atomic mass is 9.68. The van der Waals surface area contributed by atoms with E-state index in [1.54, 1.807) is 12.1 Å². The summed E-state index contributed by atoms with van der Waals surface area (Å²) in [6.07, 6.45) is 6.89. The summed E-state index contributed by atoms with van der Waals surface area (Å²) in [5.41, 5.74) is 2.45. The smallest absolute Gasteiger partial charge is 0.291 e. The van der Waals surface area contributed by atoms with Crippen molar-refractivity contribution < 1.29 is 9.21 Å². The lowest BCUT2D eigenvalue weighted by Crippen LogP contribution is -2.42.